The molecule has 0 amide bonds. The Labute approximate surface area is 118 Å². The normalized spacial score (nSPS) is 12.5. The fraction of sp³-hybridized carbons (Fsp3) is 0.188. The number of rotatable bonds is 5. The summed E-state index contributed by atoms with van der Waals surface area (Å²) in [5.41, 5.74) is 1.41. The molecular weight excluding hydrogens is 254 g/mol. The first-order valence-corrected chi connectivity index (χ1v) is 6.30. The summed E-state index contributed by atoms with van der Waals surface area (Å²) in [4.78, 5) is 4.16. The number of aliphatic hydroxyl groups excluding tert-OH is 1. The van der Waals surface area contributed by atoms with Gasteiger partial charge in [0.15, 0.2) is 0 Å². The molecule has 2 rings (SSSR count). The van der Waals surface area contributed by atoms with Gasteiger partial charge < -0.3 is 14.9 Å². The van der Waals surface area contributed by atoms with Crippen LogP contribution in [0.1, 0.15) is 17.2 Å². The van der Waals surface area contributed by atoms with Gasteiger partial charge in [0, 0.05) is 11.8 Å². The van der Waals surface area contributed by atoms with Crippen molar-refractivity contribution >= 4 is 6.21 Å². The molecule has 4 heteroatoms. The van der Waals surface area contributed by atoms with Gasteiger partial charge in [0.2, 0.25) is 0 Å². The first-order chi connectivity index (χ1) is 9.70. The van der Waals surface area contributed by atoms with Gasteiger partial charge in [-0.1, -0.05) is 24.3 Å². The maximum absolute atomic E-state index is 10.0. The van der Waals surface area contributed by atoms with Crippen molar-refractivity contribution in [3.8, 4) is 11.5 Å². The summed E-state index contributed by atoms with van der Waals surface area (Å²) < 4.78 is 5.06. The summed E-state index contributed by atoms with van der Waals surface area (Å²) in [7, 11) is 1.60. The second-order valence-electron chi connectivity index (χ2n) is 4.34. The molecule has 0 saturated carbocycles. The third-order valence-corrected chi connectivity index (χ3v) is 2.95. The van der Waals surface area contributed by atoms with Gasteiger partial charge in [-0.25, -0.2) is 0 Å². The first-order valence-electron chi connectivity index (χ1n) is 6.30. The Kier molecular flexibility index (Phi) is 4.74. The van der Waals surface area contributed by atoms with Crippen LogP contribution in [-0.2, 0) is 0 Å². The Morgan fingerprint density at radius 1 is 1.15 bits per heavy atom. The number of aromatic hydroxyl groups is 1. The fourth-order valence-electron chi connectivity index (χ4n) is 1.78. The first kappa shape index (κ1) is 14.1. The highest BCUT2D eigenvalue weighted by Crippen LogP contribution is 2.18. The lowest BCUT2D eigenvalue weighted by Gasteiger charge is -2.08. The van der Waals surface area contributed by atoms with E-state index in [4.69, 9.17) is 4.74 Å². The Hall–Kier alpha value is -2.33. The second-order valence-corrected chi connectivity index (χ2v) is 4.34. The molecule has 2 aromatic rings. The number of hydrogen-bond acceptors (Lipinski definition) is 4. The van der Waals surface area contributed by atoms with Gasteiger partial charge in [-0.15, -0.1) is 0 Å². The number of hydrogen-bond donors (Lipinski definition) is 2. The minimum absolute atomic E-state index is 0.176. The van der Waals surface area contributed by atoms with Crippen LogP contribution in [0.25, 0.3) is 0 Å². The van der Waals surface area contributed by atoms with E-state index in [9.17, 15) is 10.2 Å². The smallest absolute Gasteiger partial charge is 0.124 e. The maximum atomic E-state index is 10.0. The van der Waals surface area contributed by atoms with E-state index in [0.717, 1.165) is 11.3 Å². The molecule has 4 nitrogen and oxygen atoms in total. The molecular formula is C16H17NO3. The number of para-hydroxylation sites is 1. The molecule has 1 unspecified atom stereocenters. The van der Waals surface area contributed by atoms with Crippen molar-refractivity contribution in [1.82, 2.24) is 0 Å². The number of methoxy groups -OCH3 is 1. The molecule has 0 aliphatic carbocycles. The predicted molar refractivity (Wildman–Crippen MR) is 78.5 cm³/mol. The van der Waals surface area contributed by atoms with Gasteiger partial charge >= 0.3 is 0 Å². The minimum Gasteiger partial charge on any atom is -0.507 e. The summed E-state index contributed by atoms with van der Waals surface area (Å²) in [6.07, 6.45) is 0.880. The number of phenols is 1. The van der Waals surface area contributed by atoms with E-state index >= 15 is 0 Å². The standard InChI is InChI=1S/C16H17NO3/c1-20-14-8-6-12(7-9-14)16(19)11-17-10-13-4-2-3-5-15(13)18/h2-10,16,18-19H,11H2,1H3. The topological polar surface area (TPSA) is 62.0 Å². The molecule has 0 heterocycles. The molecule has 0 spiro atoms. The largest absolute Gasteiger partial charge is 0.507 e. The van der Waals surface area contributed by atoms with Gasteiger partial charge in [-0.05, 0) is 29.8 Å². The lowest BCUT2D eigenvalue weighted by atomic mass is 10.1. The van der Waals surface area contributed by atoms with Crippen molar-refractivity contribution < 1.29 is 14.9 Å². The van der Waals surface area contributed by atoms with E-state index in [1.807, 2.05) is 6.07 Å². The monoisotopic (exact) mass is 271 g/mol. The quantitative estimate of drug-likeness (QED) is 0.821. The van der Waals surface area contributed by atoms with E-state index < -0.39 is 6.10 Å². The Morgan fingerprint density at radius 3 is 2.50 bits per heavy atom. The summed E-state index contributed by atoms with van der Waals surface area (Å²) in [6, 6.07) is 14.1. The van der Waals surface area contributed by atoms with E-state index in [1.165, 1.54) is 0 Å². The van der Waals surface area contributed by atoms with Crippen molar-refractivity contribution in [2.24, 2.45) is 4.99 Å². The summed E-state index contributed by atoms with van der Waals surface area (Å²) in [6.45, 7) is 0.237. The van der Waals surface area contributed by atoms with Gasteiger partial charge in [-0.2, -0.15) is 0 Å². The zero-order valence-electron chi connectivity index (χ0n) is 11.2. The molecule has 0 aromatic heterocycles. The van der Waals surface area contributed by atoms with Gasteiger partial charge in [-0.3, -0.25) is 4.99 Å². The zero-order chi connectivity index (χ0) is 14.4. The van der Waals surface area contributed by atoms with Crippen molar-refractivity contribution in [3.05, 3.63) is 59.7 Å². The summed E-state index contributed by atoms with van der Waals surface area (Å²) >= 11 is 0. The molecule has 0 aliphatic heterocycles. The van der Waals surface area contributed by atoms with Crippen LogP contribution < -0.4 is 4.74 Å². The highest BCUT2D eigenvalue weighted by Gasteiger charge is 2.06. The average molecular weight is 271 g/mol. The number of ether oxygens (including phenoxy) is 1. The van der Waals surface area contributed by atoms with E-state index in [1.54, 1.807) is 55.8 Å². The zero-order valence-corrected chi connectivity index (χ0v) is 11.2. The fourth-order valence-corrected chi connectivity index (χ4v) is 1.78. The van der Waals surface area contributed by atoms with Gasteiger partial charge in [0.1, 0.15) is 11.5 Å². The van der Waals surface area contributed by atoms with Crippen molar-refractivity contribution in [3.63, 3.8) is 0 Å². The Morgan fingerprint density at radius 2 is 1.85 bits per heavy atom. The van der Waals surface area contributed by atoms with Crippen LogP contribution in [0.3, 0.4) is 0 Å². The maximum Gasteiger partial charge on any atom is 0.124 e. The molecule has 1 atom stereocenters. The van der Waals surface area contributed by atoms with Crippen molar-refractivity contribution in [2.45, 2.75) is 6.10 Å². The molecule has 20 heavy (non-hydrogen) atoms. The molecule has 0 aliphatic rings. The average Bonchev–Trinajstić information content (AvgIpc) is 2.49. The molecule has 0 radical (unpaired) electrons. The van der Waals surface area contributed by atoms with Crippen LogP contribution in [0.2, 0.25) is 0 Å². The Bertz CT molecular complexity index is 579. The summed E-state index contributed by atoms with van der Waals surface area (Å²) in [5, 5.41) is 19.6. The van der Waals surface area contributed by atoms with Crippen LogP contribution in [0.5, 0.6) is 11.5 Å². The highest BCUT2D eigenvalue weighted by atomic mass is 16.5. The van der Waals surface area contributed by atoms with Crippen LogP contribution in [-0.4, -0.2) is 30.1 Å². The number of phenolic OH excluding ortho intramolecular Hbond substituents is 1. The highest BCUT2D eigenvalue weighted by molar-refractivity contribution is 5.83. The Balaban J connectivity index is 1.97. The molecule has 2 aromatic carbocycles. The van der Waals surface area contributed by atoms with Crippen LogP contribution in [0.15, 0.2) is 53.5 Å². The number of aliphatic imine (C=N–C) groups is 1. The molecule has 104 valence electrons. The minimum atomic E-state index is -0.678. The van der Waals surface area contributed by atoms with Gasteiger partial charge in [0.05, 0.1) is 19.8 Å². The summed E-state index contributed by atoms with van der Waals surface area (Å²) in [5.74, 6) is 0.925. The number of nitrogens with zero attached hydrogens (tertiary/aromatic N) is 1. The molecule has 2 N–H and O–H groups in total. The van der Waals surface area contributed by atoms with Crippen molar-refractivity contribution in [1.29, 1.82) is 0 Å². The second kappa shape index (κ2) is 6.73. The van der Waals surface area contributed by atoms with Crippen LogP contribution in [0.4, 0.5) is 0 Å². The third-order valence-electron chi connectivity index (χ3n) is 2.95. The van der Waals surface area contributed by atoms with Gasteiger partial charge in [0.25, 0.3) is 0 Å². The number of aliphatic hydroxyl groups is 1. The SMILES string of the molecule is COc1ccc(C(O)CN=Cc2ccccc2O)cc1. The lowest BCUT2D eigenvalue weighted by molar-refractivity contribution is 0.187. The third kappa shape index (κ3) is 3.59. The number of benzene rings is 2. The van der Waals surface area contributed by atoms with Crippen molar-refractivity contribution in [2.75, 3.05) is 13.7 Å². The lowest BCUT2D eigenvalue weighted by Crippen LogP contribution is -2.01. The van der Waals surface area contributed by atoms with Crippen LogP contribution in [0, 0.1) is 0 Å². The van der Waals surface area contributed by atoms with E-state index in [-0.39, 0.29) is 12.3 Å². The molecule has 0 bridgehead atoms. The van der Waals surface area contributed by atoms with E-state index in [2.05, 4.69) is 4.99 Å². The molecule has 0 fully saturated rings. The van der Waals surface area contributed by atoms with Crippen LogP contribution >= 0.6 is 0 Å². The molecule has 0 saturated heterocycles. The predicted octanol–water partition coefficient (Wildman–Crippen LogP) is 2.55. The van der Waals surface area contributed by atoms with E-state index in [0.29, 0.717) is 5.56 Å².